The highest BCUT2D eigenvalue weighted by molar-refractivity contribution is 14.1. The van der Waals surface area contributed by atoms with Crippen molar-refractivity contribution in [2.75, 3.05) is 10.2 Å². The van der Waals surface area contributed by atoms with Gasteiger partial charge in [0.15, 0.2) is 0 Å². The molecule has 1 aromatic rings. The summed E-state index contributed by atoms with van der Waals surface area (Å²) >= 11 is 2.27. The molecule has 82 valence electrons. The topological polar surface area (TPSA) is 55.1 Å². The minimum absolute atomic E-state index is 0.0222. The number of nitrogens with one attached hydrogen (secondary N) is 1. The third kappa shape index (κ3) is 3.09. The van der Waals surface area contributed by atoms with Crippen molar-refractivity contribution in [3.8, 4) is 0 Å². The molecule has 4 heteroatoms. The maximum atomic E-state index is 11.1. The molecule has 1 unspecified atom stereocenters. The molecule has 0 aliphatic rings. The van der Waals surface area contributed by atoms with E-state index in [2.05, 4.69) is 27.9 Å². The van der Waals surface area contributed by atoms with Crippen LogP contribution in [0.2, 0.25) is 0 Å². The second kappa shape index (κ2) is 4.83. The Morgan fingerprint density at radius 2 is 2.00 bits per heavy atom. The van der Waals surface area contributed by atoms with Crippen molar-refractivity contribution in [1.29, 1.82) is 0 Å². The molecule has 0 saturated carbocycles. The van der Waals surface area contributed by atoms with E-state index in [-0.39, 0.29) is 11.4 Å². The van der Waals surface area contributed by atoms with Crippen LogP contribution in [0.15, 0.2) is 24.3 Å². The normalized spacial score (nSPS) is 14.3. The molecular weight excluding hydrogens is 303 g/mol. The molecule has 0 aliphatic heterocycles. The van der Waals surface area contributed by atoms with Crippen molar-refractivity contribution >= 4 is 34.2 Å². The number of benzene rings is 1. The average molecular weight is 318 g/mol. The first-order valence-electron chi connectivity index (χ1n) is 4.68. The number of halogens is 1. The standard InChI is InChI=1S/C11H15IN2O/c1-8(15)14-11(2,7-12)9-3-5-10(13)6-4-9/h3-6H,7,13H2,1-2H3,(H,14,15). The first-order chi connectivity index (χ1) is 6.98. The molecule has 3 nitrogen and oxygen atoms in total. The Balaban J connectivity index is 3.00. The van der Waals surface area contributed by atoms with Crippen molar-refractivity contribution in [2.24, 2.45) is 0 Å². The Bertz CT molecular complexity index is 350. The molecular formula is C11H15IN2O. The zero-order chi connectivity index (χ0) is 11.5. The van der Waals surface area contributed by atoms with Crippen molar-refractivity contribution < 1.29 is 4.79 Å². The summed E-state index contributed by atoms with van der Waals surface area (Å²) in [6, 6.07) is 7.59. The molecule has 0 aromatic heterocycles. The lowest BCUT2D eigenvalue weighted by Gasteiger charge is -2.29. The summed E-state index contributed by atoms with van der Waals surface area (Å²) in [7, 11) is 0. The zero-order valence-corrected chi connectivity index (χ0v) is 11.0. The van der Waals surface area contributed by atoms with Gasteiger partial charge in [-0.15, -0.1) is 0 Å². The lowest BCUT2D eigenvalue weighted by atomic mass is 9.94. The average Bonchev–Trinajstić information content (AvgIpc) is 2.17. The minimum Gasteiger partial charge on any atom is -0.399 e. The Hall–Kier alpha value is -0.780. The highest BCUT2D eigenvalue weighted by Crippen LogP contribution is 2.24. The minimum atomic E-state index is -0.319. The van der Waals surface area contributed by atoms with Crippen LogP contribution in [-0.2, 0) is 10.3 Å². The number of amides is 1. The van der Waals surface area contributed by atoms with E-state index in [0.29, 0.717) is 0 Å². The fourth-order valence-corrected chi connectivity index (χ4v) is 2.05. The van der Waals surface area contributed by atoms with Gasteiger partial charge in [0.25, 0.3) is 0 Å². The van der Waals surface area contributed by atoms with Gasteiger partial charge >= 0.3 is 0 Å². The maximum absolute atomic E-state index is 11.1. The second-order valence-corrected chi connectivity index (χ2v) is 4.53. The van der Waals surface area contributed by atoms with Gasteiger partial charge in [-0.05, 0) is 24.6 Å². The van der Waals surface area contributed by atoms with Crippen LogP contribution in [-0.4, -0.2) is 10.3 Å². The lowest BCUT2D eigenvalue weighted by molar-refractivity contribution is -0.120. The monoisotopic (exact) mass is 318 g/mol. The first kappa shape index (κ1) is 12.3. The molecule has 0 bridgehead atoms. The molecule has 0 aliphatic carbocycles. The molecule has 1 atom stereocenters. The predicted molar refractivity (Wildman–Crippen MR) is 70.9 cm³/mol. The smallest absolute Gasteiger partial charge is 0.217 e. The quantitative estimate of drug-likeness (QED) is 0.509. The number of nitrogen functional groups attached to an aromatic ring is 1. The van der Waals surface area contributed by atoms with Gasteiger partial charge < -0.3 is 11.1 Å². The number of alkyl halides is 1. The van der Waals surface area contributed by atoms with Crippen LogP contribution in [0.4, 0.5) is 5.69 Å². The number of carbonyl (C=O) groups excluding carboxylic acids is 1. The van der Waals surface area contributed by atoms with Gasteiger partial charge in [0, 0.05) is 17.0 Å². The summed E-state index contributed by atoms with van der Waals surface area (Å²) in [5.41, 5.74) is 7.11. The Morgan fingerprint density at radius 3 is 2.40 bits per heavy atom. The van der Waals surface area contributed by atoms with E-state index in [0.717, 1.165) is 15.7 Å². The van der Waals surface area contributed by atoms with Gasteiger partial charge in [0.05, 0.1) is 5.54 Å². The zero-order valence-electron chi connectivity index (χ0n) is 8.88. The van der Waals surface area contributed by atoms with Gasteiger partial charge in [-0.3, -0.25) is 4.79 Å². The Morgan fingerprint density at radius 1 is 1.47 bits per heavy atom. The van der Waals surface area contributed by atoms with E-state index < -0.39 is 0 Å². The van der Waals surface area contributed by atoms with Crippen LogP contribution in [0.5, 0.6) is 0 Å². The molecule has 1 aromatic carbocycles. The van der Waals surface area contributed by atoms with Gasteiger partial charge in [0.2, 0.25) is 5.91 Å². The SMILES string of the molecule is CC(=O)NC(C)(CI)c1ccc(N)cc1. The van der Waals surface area contributed by atoms with E-state index >= 15 is 0 Å². The number of hydrogen-bond acceptors (Lipinski definition) is 2. The summed E-state index contributed by atoms with van der Waals surface area (Å²) in [5.74, 6) is -0.0222. The van der Waals surface area contributed by atoms with E-state index in [1.54, 1.807) is 0 Å². The van der Waals surface area contributed by atoms with Crippen LogP contribution >= 0.6 is 22.6 Å². The summed E-state index contributed by atoms with van der Waals surface area (Å²) in [4.78, 5) is 11.1. The molecule has 15 heavy (non-hydrogen) atoms. The van der Waals surface area contributed by atoms with Crippen LogP contribution in [0.25, 0.3) is 0 Å². The summed E-state index contributed by atoms with van der Waals surface area (Å²) < 4.78 is 0.814. The van der Waals surface area contributed by atoms with Crippen molar-refractivity contribution in [3.05, 3.63) is 29.8 Å². The number of anilines is 1. The molecule has 0 spiro atoms. The van der Waals surface area contributed by atoms with Crippen LogP contribution in [0.3, 0.4) is 0 Å². The largest absolute Gasteiger partial charge is 0.399 e. The number of carbonyl (C=O) groups is 1. The highest BCUT2D eigenvalue weighted by atomic mass is 127. The molecule has 3 N–H and O–H groups in total. The third-order valence-electron chi connectivity index (χ3n) is 2.27. The van der Waals surface area contributed by atoms with Gasteiger partial charge in [-0.25, -0.2) is 0 Å². The van der Waals surface area contributed by atoms with E-state index in [1.807, 2.05) is 31.2 Å². The first-order valence-corrected chi connectivity index (χ1v) is 6.21. The fourth-order valence-electron chi connectivity index (χ4n) is 1.42. The third-order valence-corrected chi connectivity index (χ3v) is 3.79. The fraction of sp³-hybridized carbons (Fsp3) is 0.364. The van der Waals surface area contributed by atoms with Crippen molar-refractivity contribution in [1.82, 2.24) is 5.32 Å². The predicted octanol–water partition coefficient (Wildman–Crippen LogP) is 2.06. The molecule has 1 rings (SSSR count). The summed E-state index contributed by atoms with van der Waals surface area (Å²) in [5, 5.41) is 2.95. The van der Waals surface area contributed by atoms with E-state index in [9.17, 15) is 4.79 Å². The maximum Gasteiger partial charge on any atom is 0.217 e. The summed E-state index contributed by atoms with van der Waals surface area (Å²) in [6.45, 7) is 3.54. The lowest BCUT2D eigenvalue weighted by Crippen LogP contribution is -2.43. The van der Waals surface area contributed by atoms with Gasteiger partial charge in [-0.1, -0.05) is 34.7 Å². The van der Waals surface area contributed by atoms with E-state index in [1.165, 1.54) is 6.92 Å². The number of hydrogen-bond donors (Lipinski definition) is 2. The van der Waals surface area contributed by atoms with Gasteiger partial charge in [0.1, 0.15) is 0 Å². The molecule has 0 saturated heterocycles. The van der Waals surface area contributed by atoms with Crippen LogP contribution in [0, 0.1) is 0 Å². The Labute approximate surface area is 104 Å². The molecule has 1 amide bonds. The van der Waals surface area contributed by atoms with E-state index in [4.69, 9.17) is 5.73 Å². The summed E-state index contributed by atoms with van der Waals surface area (Å²) in [6.07, 6.45) is 0. The number of nitrogens with two attached hydrogens (primary N) is 1. The van der Waals surface area contributed by atoms with Crippen LogP contribution < -0.4 is 11.1 Å². The molecule has 0 heterocycles. The molecule has 0 fully saturated rings. The van der Waals surface area contributed by atoms with Crippen LogP contribution in [0.1, 0.15) is 19.4 Å². The second-order valence-electron chi connectivity index (χ2n) is 3.77. The Kier molecular flexibility index (Phi) is 3.96. The van der Waals surface area contributed by atoms with Gasteiger partial charge in [-0.2, -0.15) is 0 Å². The molecule has 0 radical (unpaired) electrons. The number of rotatable bonds is 3. The van der Waals surface area contributed by atoms with Crippen molar-refractivity contribution in [3.63, 3.8) is 0 Å². The van der Waals surface area contributed by atoms with Crippen molar-refractivity contribution in [2.45, 2.75) is 19.4 Å². The highest BCUT2D eigenvalue weighted by Gasteiger charge is 2.25.